The first-order chi connectivity index (χ1) is 14.1. The van der Waals surface area contributed by atoms with E-state index in [1.54, 1.807) is 7.11 Å². The molecule has 29 heavy (non-hydrogen) atoms. The van der Waals surface area contributed by atoms with Gasteiger partial charge in [-0.2, -0.15) is 0 Å². The summed E-state index contributed by atoms with van der Waals surface area (Å²) in [7, 11) is 1.65. The summed E-state index contributed by atoms with van der Waals surface area (Å²) in [6.07, 6.45) is 4.16. The second-order valence-electron chi connectivity index (χ2n) is 9.87. The molecule has 1 unspecified atom stereocenters. The lowest BCUT2D eigenvalue weighted by Gasteiger charge is -2.64. The quantitative estimate of drug-likeness (QED) is 0.730. The van der Waals surface area contributed by atoms with Crippen LogP contribution in [-0.2, 0) is 26.2 Å². The molecule has 6 aliphatic rings. The largest absolute Gasteiger partial charge is 0.493 e. The third-order valence-electron chi connectivity index (χ3n) is 8.78. The lowest BCUT2D eigenvalue weighted by Crippen LogP contribution is -2.75. The molecule has 4 fully saturated rings. The van der Waals surface area contributed by atoms with Gasteiger partial charge < -0.3 is 14.2 Å². The predicted molar refractivity (Wildman–Crippen MR) is 102 cm³/mol. The Bertz CT molecular complexity index is 970. The van der Waals surface area contributed by atoms with E-state index in [1.165, 1.54) is 18.4 Å². The van der Waals surface area contributed by atoms with Gasteiger partial charge in [-0.3, -0.25) is 14.5 Å². The van der Waals surface area contributed by atoms with E-state index >= 15 is 0 Å². The van der Waals surface area contributed by atoms with Crippen LogP contribution in [0.15, 0.2) is 12.1 Å². The van der Waals surface area contributed by atoms with Crippen molar-refractivity contribution >= 4 is 11.8 Å². The van der Waals surface area contributed by atoms with Crippen molar-refractivity contribution in [3.63, 3.8) is 0 Å². The highest BCUT2D eigenvalue weighted by atomic mass is 16.6. The minimum absolute atomic E-state index is 0.0702. The highest BCUT2D eigenvalue weighted by molar-refractivity contribution is 5.92. The number of ether oxygens (including phenoxy) is 3. The zero-order chi connectivity index (χ0) is 19.5. The fourth-order valence-electron chi connectivity index (χ4n) is 7.62. The van der Waals surface area contributed by atoms with Crippen molar-refractivity contribution in [1.29, 1.82) is 0 Å². The van der Waals surface area contributed by atoms with Crippen molar-refractivity contribution in [3.8, 4) is 11.5 Å². The molecule has 0 aromatic heterocycles. The molecule has 2 bridgehead atoms. The van der Waals surface area contributed by atoms with Gasteiger partial charge in [-0.15, -0.1) is 0 Å². The molecule has 3 heterocycles. The number of Topliss-reactive ketones (excluding diaryl/α,β-unsaturated/α-hetero) is 1. The summed E-state index contributed by atoms with van der Waals surface area (Å²) in [5, 5.41) is 0. The van der Waals surface area contributed by atoms with Crippen LogP contribution in [0.2, 0.25) is 0 Å². The van der Waals surface area contributed by atoms with E-state index in [4.69, 9.17) is 14.2 Å². The van der Waals surface area contributed by atoms with Crippen molar-refractivity contribution < 1.29 is 23.8 Å². The normalized spacial score (nSPS) is 41.5. The van der Waals surface area contributed by atoms with E-state index in [1.807, 2.05) is 6.07 Å². The Morgan fingerprint density at radius 3 is 2.86 bits per heavy atom. The highest BCUT2D eigenvalue weighted by Crippen LogP contribution is 2.71. The molecule has 1 aromatic carbocycles. The van der Waals surface area contributed by atoms with E-state index in [-0.39, 0.29) is 35.7 Å². The molecule has 0 radical (unpaired) electrons. The number of carbonyl (C=O) groups is 2. The van der Waals surface area contributed by atoms with E-state index in [0.717, 1.165) is 43.2 Å². The molecule has 6 heteroatoms. The first-order valence-corrected chi connectivity index (χ1v) is 10.9. The Hall–Kier alpha value is -2.08. The van der Waals surface area contributed by atoms with E-state index in [2.05, 4.69) is 11.0 Å². The lowest BCUT2D eigenvalue weighted by molar-refractivity contribution is -0.173. The van der Waals surface area contributed by atoms with Crippen LogP contribution in [-0.4, -0.2) is 55.1 Å². The summed E-state index contributed by atoms with van der Waals surface area (Å²) < 4.78 is 17.9. The summed E-state index contributed by atoms with van der Waals surface area (Å²) in [6.45, 7) is 2.05. The summed E-state index contributed by atoms with van der Waals surface area (Å²) in [6, 6.07) is 4.34. The van der Waals surface area contributed by atoms with Crippen LogP contribution in [0.1, 0.15) is 43.2 Å². The van der Waals surface area contributed by atoms with E-state index in [9.17, 15) is 9.59 Å². The minimum Gasteiger partial charge on any atom is -0.493 e. The van der Waals surface area contributed by atoms with Gasteiger partial charge in [0, 0.05) is 30.0 Å². The molecule has 5 atom stereocenters. The maximum Gasteiger partial charge on any atom is 0.306 e. The van der Waals surface area contributed by atoms with Crippen LogP contribution in [0.4, 0.5) is 0 Å². The van der Waals surface area contributed by atoms with Crippen LogP contribution in [0, 0.1) is 11.3 Å². The number of hydrogen-bond acceptors (Lipinski definition) is 6. The molecule has 3 aliphatic carbocycles. The monoisotopic (exact) mass is 395 g/mol. The summed E-state index contributed by atoms with van der Waals surface area (Å²) in [5.41, 5.74) is 1.55. The summed E-state index contributed by atoms with van der Waals surface area (Å²) in [5.74, 6) is 2.13. The maximum absolute atomic E-state index is 13.3. The number of rotatable bonds is 3. The number of ketones is 1. The molecule has 2 saturated heterocycles. The van der Waals surface area contributed by atoms with Gasteiger partial charge in [0.2, 0.25) is 0 Å². The minimum atomic E-state index is -0.524. The molecule has 6 nitrogen and oxygen atoms in total. The van der Waals surface area contributed by atoms with Gasteiger partial charge in [0.15, 0.2) is 23.4 Å². The number of carbonyl (C=O) groups excluding carboxylic acids is 2. The topological polar surface area (TPSA) is 65.1 Å². The molecular formula is C23H25NO5. The summed E-state index contributed by atoms with van der Waals surface area (Å²) >= 11 is 0. The Kier molecular flexibility index (Phi) is 2.96. The number of nitrogens with zero attached hydrogens (tertiary/aromatic N) is 1. The van der Waals surface area contributed by atoms with Crippen molar-refractivity contribution in [2.45, 2.75) is 62.2 Å². The molecular weight excluding hydrogens is 370 g/mol. The van der Waals surface area contributed by atoms with Gasteiger partial charge in [0.05, 0.1) is 18.9 Å². The van der Waals surface area contributed by atoms with Gasteiger partial charge in [-0.25, -0.2) is 0 Å². The van der Waals surface area contributed by atoms with E-state index in [0.29, 0.717) is 12.2 Å². The van der Waals surface area contributed by atoms with Gasteiger partial charge in [0.1, 0.15) is 6.10 Å². The Morgan fingerprint density at radius 1 is 1.21 bits per heavy atom. The molecule has 2 spiro atoms. The van der Waals surface area contributed by atoms with Crippen LogP contribution < -0.4 is 9.47 Å². The molecule has 7 rings (SSSR count). The van der Waals surface area contributed by atoms with E-state index < -0.39 is 11.5 Å². The summed E-state index contributed by atoms with van der Waals surface area (Å²) in [4.78, 5) is 28.6. The zero-order valence-corrected chi connectivity index (χ0v) is 16.6. The SMILES string of the molecule is COc1ccc2c3c1OC1C(=O)C[C@@H]4OC(=O)C[C@@]45[C@@H](C2)N(CC2CC2)CC[C@]315. The highest BCUT2D eigenvalue weighted by Gasteiger charge is 2.79. The Balaban J connectivity index is 1.51. The first kappa shape index (κ1) is 16.7. The fourth-order valence-corrected chi connectivity index (χ4v) is 7.62. The number of likely N-dealkylation sites (tertiary alicyclic amines) is 1. The smallest absolute Gasteiger partial charge is 0.306 e. The average molecular weight is 395 g/mol. The van der Waals surface area contributed by atoms with Gasteiger partial charge >= 0.3 is 5.97 Å². The molecule has 2 saturated carbocycles. The Labute approximate surface area is 169 Å². The van der Waals surface area contributed by atoms with Gasteiger partial charge in [-0.05, 0) is 49.8 Å². The molecule has 0 amide bonds. The second kappa shape index (κ2) is 5.15. The van der Waals surface area contributed by atoms with Crippen molar-refractivity contribution in [3.05, 3.63) is 23.3 Å². The molecule has 152 valence electrons. The number of benzene rings is 1. The molecule has 3 aliphatic heterocycles. The Morgan fingerprint density at radius 2 is 2.07 bits per heavy atom. The number of methoxy groups -OCH3 is 1. The van der Waals surface area contributed by atoms with Gasteiger partial charge in [-0.1, -0.05) is 6.07 Å². The van der Waals surface area contributed by atoms with Crippen LogP contribution in [0.25, 0.3) is 0 Å². The molecule has 1 aromatic rings. The van der Waals surface area contributed by atoms with Crippen LogP contribution in [0.5, 0.6) is 11.5 Å². The molecule has 0 N–H and O–H groups in total. The van der Waals surface area contributed by atoms with Crippen LogP contribution in [0.3, 0.4) is 0 Å². The number of hydrogen-bond donors (Lipinski definition) is 0. The van der Waals surface area contributed by atoms with Crippen molar-refractivity contribution in [1.82, 2.24) is 4.90 Å². The second-order valence-corrected chi connectivity index (χ2v) is 9.87. The maximum atomic E-state index is 13.3. The first-order valence-electron chi connectivity index (χ1n) is 10.9. The number of piperidine rings is 1. The fraction of sp³-hybridized carbons (Fsp3) is 0.652. The average Bonchev–Trinajstić information content (AvgIpc) is 3.35. The van der Waals surface area contributed by atoms with Crippen molar-refractivity contribution in [2.24, 2.45) is 11.3 Å². The predicted octanol–water partition coefficient (Wildman–Crippen LogP) is 2.01. The third kappa shape index (κ3) is 1.76. The number of esters is 1. The standard InChI is InChI=1S/C23H25NO5/c1-27-15-5-4-13-8-16-23-10-18(26)28-17(23)9-14(25)21-22(23,19(13)20(15)29-21)6-7-24(16)11-12-2-3-12/h4-5,12,16-17,21H,2-3,6-11H2,1H3/t16-,17+,21?,22+,23-/m1/s1. The third-order valence-corrected chi connectivity index (χ3v) is 8.78. The lowest BCUT2D eigenvalue weighted by atomic mass is 9.42. The van der Waals surface area contributed by atoms with Crippen LogP contribution >= 0.6 is 0 Å². The van der Waals surface area contributed by atoms with Gasteiger partial charge in [0.25, 0.3) is 0 Å². The van der Waals surface area contributed by atoms with Crippen molar-refractivity contribution in [2.75, 3.05) is 20.2 Å². The zero-order valence-electron chi connectivity index (χ0n) is 16.6.